The standard InChI is InChI=1S/C10H11BFNO4/c12-9-7-8(17-11(14)15)1-2-10(9)13-3-5-16-6-4-13/h1-2,7H,3-6H2/q-2. The van der Waals surface area contributed by atoms with Gasteiger partial charge in [0.05, 0.1) is 24.7 Å². The minimum atomic E-state index is -2.44. The van der Waals surface area contributed by atoms with Crippen LogP contribution in [0.25, 0.3) is 0 Å². The van der Waals surface area contributed by atoms with Crippen molar-refractivity contribution in [2.45, 2.75) is 0 Å². The molecule has 5 nitrogen and oxygen atoms in total. The van der Waals surface area contributed by atoms with Gasteiger partial charge in [-0.15, -0.1) is 0 Å². The Morgan fingerprint density at radius 2 is 2.00 bits per heavy atom. The zero-order valence-electron chi connectivity index (χ0n) is 9.10. The highest BCUT2D eigenvalue weighted by Crippen LogP contribution is 2.24. The first kappa shape index (κ1) is 12.2. The van der Waals surface area contributed by atoms with E-state index in [1.165, 1.54) is 12.1 Å². The Labute approximate surface area is 98.6 Å². The van der Waals surface area contributed by atoms with E-state index in [2.05, 4.69) is 4.65 Å². The molecule has 92 valence electrons. The second-order valence-corrected chi connectivity index (χ2v) is 3.62. The van der Waals surface area contributed by atoms with Crippen molar-refractivity contribution in [3.05, 3.63) is 24.0 Å². The van der Waals surface area contributed by atoms with Gasteiger partial charge in [-0.2, -0.15) is 0 Å². The van der Waals surface area contributed by atoms with Gasteiger partial charge < -0.3 is 24.3 Å². The van der Waals surface area contributed by atoms with Crippen LogP contribution >= 0.6 is 0 Å². The molecule has 0 radical (unpaired) electrons. The van der Waals surface area contributed by atoms with Gasteiger partial charge >= 0.3 is 0 Å². The second-order valence-electron chi connectivity index (χ2n) is 3.62. The zero-order chi connectivity index (χ0) is 12.3. The highest BCUT2D eigenvalue weighted by Gasteiger charge is 2.15. The maximum atomic E-state index is 13.7. The van der Waals surface area contributed by atoms with Crippen LogP contribution in [0.15, 0.2) is 18.2 Å². The van der Waals surface area contributed by atoms with Gasteiger partial charge in [-0.05, 0) is 12.1 Å². The molecule has 0 amide bonds. The molecule has 0 unspecified atom stereocenters. The number of benzene rings is 1. The summed E-state index contributed by atoms with van der Waals surface area (Å²) in [7, 11) is -2.44. The first-order valence-corrected chi connectivity index (χ1v) is 5.27. The van der Waals surface area contributed by atoms with Crippen molar-refractivity contribution in [1.82, 2.24) is 0 Å². The van der Waals surface area contributed by atoms with Crippen molar-refractivity contribution in [2.24, 2.45) is 0 Å². The van der Waals surface area contributed by atoms with Crippen molar-refractivity contribution >= 4 is 13.0 Å². The fraction of sp³-hybridized carbons (Fsp3) is 0.400. The molecular weight excluding hydrogens is 228 g/mol. The Kier molecular flexibility index (Phi) is 3.83. The van der Waals surface area contributed by atoms with E-state index in [4.69, 9.17) is 4.74 Å². The first-order valence-electron chi connectivity index (χ1n) is 5.27. The van der Waals surface area contributed by atoms with Gasteiger partial charge in [-0.3, -0.25) is 0 Å². The lowest BCUT2D eigenvalue weighted by Gasteiger charge is -2.30. The number of nitrogens with zero attached hydrogens (tertiary/aromatic N) is 1. The Morgan fingerprint density at radius 3 is 2.59 bits per heavy atom. The van der Waals surface area contributed by atoms with Gasteiger partial charge in [-0.1, -0.05) is 0 Å². The van der Waals surface area contributed by atoms with Gasteiger partial charge in [0.1, 0.15) is 13.1 Å². The summed E-state index contributed by atoms with van der Waals surface area (Å²) in [6, 6.07) is 3.96. The number of hydrogen-bond acceptors (Lipinski definition) is 5. The van der Waals surface area contributed by atoms with E-state index in [-0.39, 0.29) is 5.75 Å². The fourth-order valence-corrected chi connectivity index (χ4v) is 1.73. The van der Waals surface area contributed by atoms with Crippen LogP contribution in [0.5, 0.6) is 5.75 Å². The van der Waals surface area contributed by atoms with Gasteiger partial charge in [0.2, 0.25) is 0 Å². The van der Waals surface area contributed by atoms with Crippen LogP contribution in [0, 0.1) is 5.82 Å². The van der Waals surface area contributed by atoms with Gasteiger partial charge in [0, 0.05) is 19.2 Å². The Bertz CT molecular complexity index is 385. The van der Waals surface area contributed by atoms with Crippen molar-refractivity contribution < 1.29 is 23.8 Å². The number of ether oxygens (including phenoxy) is 1. The van der Waals surface area contributed by atoms with Crippen LogP contribution in [0.4, 0.5) is 10.1 Å². The van der Waals surface area contributed by atoms with E-state index >= 15 is 0 Å². The molecular formula is C10H11BFNO4-2. The van der Waals surface area contributed by atoms with Crippen molar-refractivity contribution in [2.75, 3.05) is 31.2 Å². The molecule has 1 saturated heterocycles. The van der Waals surface area contributed by atoms with E-state index < -0.39 is 13.1 Å². The molecule has 0 aliphatic carbocycles. The lowest BCUT2D eigenvalue weighted by molar-refractivity contribution is -0.372. The third-order valence-electron chi connectivity index (χ3n) is 2.50. The Hall–Kier alpha value is -1.31. The molecule has 1 fully saturated rings. The molecule has 0 aromatic heterocycles. The lowest BCUT2D eigenvalue weighted by Crippen LogP contribution is -2.50. The Morgan fingerprint density at radius 1 is 1.29 bits per heavy atom. The minimum Gasteiger partial charge on any atom is -0.860 e. The third kappa shape index (κ3) is 3.09. The molecule has 1 aliphatic heterocycles. The van der Waals surface area contributed by atoms with Crippen molar-refractivity contribution in [3.63, 3.8) is 0 Å². The molecule has 0 bridgehead atoms. The fourth-order valence-electron chi connectivity index (χ4n) is 1.73. The number of morpholine rings is 1. The predicted molar refractivity (Wildman–Crippen MR) is 55.8 cm³/mol. The van der Waals surface area contributed by atoms with Crippen LogP contribution in [-0.4, -0.2) is 33.6 Å². The highest BCUT2D eigenvalue weighted by atomic mass is 19.1. The quantitative estimate of drug-likeness (QED) is 0.616. The first-order chi connectivity index (χ1) is 8.16. The largest absolute Gasteiger partial charge is 0.860 e. The van der Waals surface area contributed by atoms with E-state index in [0.717, 1.165) is 6.07 Å². The molecule has 17 heavy (non-hydrogen) atoms. The summed E-state index contributed by atoms with van der Waals surface area (Å²) < 4.78 is 23.2. The summed E-state index contributed by atoms with van der Waals surface area (Å²) in [6.45, 7) is 2.34. The summed E-state index contributed by atoms with van der Waals surface area (Å²) in [5.74, 6) is -0.556. The third-order valence-corrected chi connectivity index (χ3v) is 2.50. The number of hydrogen-bond donors (Lipinski definition) is 0. The molecule has 0 atom stereocenters. The molecule has 1 aromatic carbocycles. The monoisotopic (exact) mass is 239 g/mol. The van der Waals surface area contributed by atoms with Gasteiger partial charge in [-0.25, -0.2) is 4.39 Å². The molecule has 2 rings (SSSR count). The number of anilines is 1. The van der Waals surface area contributed by atoms with Crippen LogP contribution in [-0.2, 0) is 4.74 Å². The molecule has 0 spiro atoms. The lowest BCUT2D eigenvalue weighted by atomic mass is 10.2. The van der Waals surface area contributed by atoms with Crippen LogP contribution in [0.3, 0.4) is 0 Å². The summed E-state index contributed by atoms with van der Waals surface area (Å²) in [5.41, 5.74) is 0.425. The molecule has 1 aliphatic rings. The molecule has 1 heterocycles. The summed E-state index contributed by atoms with van der Waals surface area (Å²) >= 11 is 0. The maximum absolute atomic E-state index is 13.7. The summed E-state index contributed by atoms with van der Waals surface area (Å²) in [4.78, 5) is 1.84. The van der Waals surface area contributed by atoms with Crippen LogP contribution in [0.2, 0.25) is 0 Å². The number of halogens is 1. The smallest absolute Gasteiger partial charge is 0.150 e. The van der Waals surface area contributed by atoms with Gasteiger partial charge in [0.25, 0.3) is 0 Å². The van der Waals surface area contributed by atoms with E-state index in [0.29, 0.717) is 32.0 Å². The molecule has 0 N–H and O–H groups in total. The van der Waals surface area contributed by atoms with Crippen LogP contribution in [0.1, 0.15) is 0 Å². The van der Waals surface area contributed by atoms with Gasteiger partial charge in [0.15, 0.2) is 0 Å². The van der Waals surface area contributed by atoms with Crippen molar-refractivity contribution in [1.29, 1.82) is 0 Å². The summed E-state index contributed by atoms with van der Waals surface area (Å²) in [6.07, 6.45) is 0. The molecule has 1 aromatic rings. The van der Waals surface area contributed by atoms with E-state index in [1.54, 1.807) is 0 Å². The topological polar surface area (TPSA) is 67.8 Å². The zero-order valence-corrected chi connectivity index (χ0v) is 9.10. The van der Waals surface area contributed by atoms with E-state index in [9.17, 15) is 14.4 Å². The highest BCUT2D eigenvalue weighted by molar-refractivity contribution is 6.29. The summed E-state index contributed by atoms with van der Waals surface area (Å²) in [5, 5.41) is 20.5. The van der Waals surface area contributed by atoms with Crippen LogP contribution < -0.4 is 19.6 Å². The SMILES string of the molecule is [O-]B([O-])Oc1ccc(N2CCOCC2)c(F)c1. The predicted octanol–water partition coefficient (Wildman–Crippen LogP) is -1.25. The average Bonchev–Trinajstić information content (AvgIpc) is 2.29. The normalized spacial score (nSPS) is 15.8. The molecule has 7 heteroatoms. The Balaban J connectivity index is 2.13. The average molecular weight is 239 g/mol. The second kappa shape index (κ2) is 5.35. The number of rotatable bonds is 3. The van der Waals surface area contributed by atoms with E-state index in [1.807, 2.05) is 4.90 Å². The maximum Gasteiger partial charge on any atom is 0.150 e. The minimum absolute atomic E-state index is 0.0468. The van der Waals surface area contributed by atoms with Crippen molar-refractivity contribution in [3.8, 4) is 5.75 Å². The molecule has 0 saturated carbocycles.